The van der Waals surface area contributed by atoms with E-state index in [4.69, 9.17) is 4.74 Å². The maximum Gasteiger partial charge on any atom is 0.341 e. The van der Waals surface area contributed by atoms with Gasteiger partial charge in [0.25, 0.3) is 0 Å². The molecule has 0 bridgehead atoms. The average molecular weight is 286 g/mol. The third-order valence-electron chi connectivity index (χ3n) is 2.95. The van der Waals surface area contributed by atoms with Gasteiger partial charge in [-0.15, -0.1) is 0 Å². The van der Waals surface area contributed by atoms with E-state index in [0.29, 0.717) is 17.9 Å². The highest BCUT2D eigenvalue weighted by Gasteiger charge is 2.15. The van der Waals surface area contributed by atoms with E-state index in [1.54, 1.807) is 13.0 Å². The number of hydrogen-bond acceptors (Lipinski definition) is 3. The summed E-state index contributed by atoms with van der Waals surface area (Å²) in [6, 6.07) is 9.47. The number of rotatable bonds is 6. The molecule has 0 N–H and O–H groups in total. The molecule has 1 rings (SSSR count). The Labute approximate surface area is 126 Å². The first-order valence-electron chi connectivity index (χ1n) is 7.05. The molecule has 0 fully saturated rings. The van der Waals surface area contributed by atoms with Crippen LogP contribution in [0.4, 0.5) is 0 Å². The van der Waals surface area contributed by atoms with Gasteiger partial charge in [-0.25, -0.2) is 9.59 Å². The van der Waals surface area contributed by atoms with Crippen molar-refractivity contribution in [2.45, 2.75) is 33.6 Å². The Balaban J connectivity index is 2.54. The predicted octanol–water partition coefficient (Wildman–Crippen LogP) is 3.85. The second-order valence-electron chi connectivity index (χ2n) is 5.46. The topological polar surface area (TPSA) is 43.4 Å². The van der Waals surface area contributed by atoms with Gasteiger partial charge >= 0.3 is 11.9 Å². The van der Waals surface area contributed by atoms with Crippen LogP contribution in [0.15, 0.2) is 54.1 Å². The van der Waals surface area contributed by atoms with Crippen molar-refractivity contribution in [1.29, 1.82) is 0 Å². The second kappa shape index (κ2) is 8.20. The standard InChI is InChI=1S/C18H22O3/c1-13(2)10-11-14(3)17(19)21-18(20)15(4)12-16-8-6-5-7-9-16/h5-9,11,13H,4,10,12H2,1-3H3. The molecule has 0 unspecified atom stereocenters. The molecule has 0 atom stereocenters. The van der Waals surface area contributed by atoms with Crippen LogP contribution in [0, 0.1) is 5.92 Å². The Morgan fingerprint density at radius 2 is 1.81 bits per heavy atom. The third-order valence-corrected chi connectivity index (χ3v) is 2.95. The van der Waals surface area contributed by atoms with Crippen molar-refractivity contribution in [3.63, 3.8) is 0 Å². The Morgan fingerprint density at radius 1 is 1.19 bits per heavy atom. The van der Waals surface area contributed by atoms with Gasteiger partial charge in [0.1, 0.15) is 0 Å². The summed E-state index contributed by atoms with van der Waals surface area (Å²) >= 11 is 0. The molecule has 1 aromatic carbocycles. The Bertz CT molecular complexity index is 539. The van der Waals surface area contributed by atoms with Crippen molar-refractivity contribution in [3.05, 3.63) is 59.7 Å². The number of allylic oxidation sites excluding steroid dienone is 1. The van der Waals surface area contributed by atoms with Gasteiger partial charge in [0.05, 0.1) is 0 Å². The minimum atomic E-state index is -0.666. The molecule has 112 valence electrons. The number of carbonyl (C=O) groups is 2. The van der Waals surface area contributed by atoms with Crippen LogP contribution in [0.5, 0.6) is 0 Å². The van der Waals surface area contributed by atoms with Gasteiger partial charge in [-0.3, -0.25) is 0 Å². The largest absolute Gasteiger partial charge is 0.386 e. The SMILES string of the molecule is C=C(Cc1ccccc1)C(=O)OC(=O)C(C)=CCC(C)C. The zero-order chi connectivity index (χ0) is 15.8. The number of ether oxygens (including phenoxy) is 1. The molecule has 0 spiro atoms. The summed E-state index contributed by atoms with van der Waals surface area (Å²) in [7, 11) is 0. The fraction of sp³-hybridized carbons (Fsp3) is 0.333. The Kier molecular flexibility index (Phi) is 6.60. The monoisotopic (exact) mass is 286 g/mol. The zero-order valence-corrected chi connectivity index (χ0v) is 12.9. The van der Waals surface area contributed by atoms with Crippen LogP contribution in [0.25, 0.3) is 0 Å². The van der Waals surface area contributed by atoms with Crippen LogP contribution in [-0.4, -0.2) is 11.9 Å². The normalized spacial score (nSPS) is 11.3. The summed E-state index contributed by atoms with van der Waals surface area (Å²) < 4.78 is 4.83. The average Bonchev–Trinajstić information content (AvgIpc) is 2.45. The lowest BCUT2D eigenvalue weighted by Gasteiger charge is -2.06. The molecular formula is C18H22O3. The quantitative estimate of drug-likeness (QED) is 0.453. The first kappa shape index (κ1) is 16.9. The summed E-state index contributed by atoms with van der Waals surface area (Å²) in [5.74, 6) is -0.812. The summed E-state index contributed by atoms with van der Waals surface area (Å²) in [5, 5.41) is 0. The minimum absolute atomic E-state index is 0.270. The second-order valence-corrected chi connectivity index (χ2v) is 5.46. The summed E-state index contributed by atoms with van der Waals surface area (Å²) in [6.07, 6.45) is 2.95. The highest BCUT2D eigenvalue weighted by atomic mass is 16.6. The van der Waals surface area contributed by atoms with E-state index in [0.717, 1.165) is 12.0 Å². The maximum atomic E-state index is 11.8. The van der Waals surface area contributed by atoms with Crippen LogP contribution in [0.1, 0.15) is 32.8 Å². The number of carbonyl (C=O) groups excluding carboxylic acids is 2. The molecule has 0 aliphatic rings. The van der Waals surface area contributed by atoms with Gasteiger partial charge in [0.15, 0.2) is 0 Å². The molecule has 0 amide bonds. The van der Waals surface area contributed by atoms with Crippen molar-refractivity contribution < 1.29 is 14.3 Å². The van der Waals surface area contributed by atoms with E-state index in [1.165, 1.54) is 0 Å². The Hall–Kier alpha value is -2.16. The Morgan fingerprint density at radius 3 is 2.38 bits per heavy atom. The molecule has 0 saturated carbocycles. The molecule has 0 aliphatic heterocycles. The first-order valence-corrected chi connectivity index (χ1v) is 7.05. The lowest BCUT2D eigenvalue weighted by molar-refractivity contribution is -0.154. The summed E-state index contributed by atoms with van der Waals surface area (Å²) in [4.78, 5) is 23.6. The number of benzene rings is 1. The molecule has 1 aromatic rings. The molecule has 0 aliphatic carbocycles. The van der Waals surface area contributed by atoms with E-state index in [2.05, 4.69) is 20.4 Å². The molecule has 0 radical (unpaired) electrons. The van der Waals surface area contributed by atoms with E-state index in [1.807, 2.05) is 30.3 Å². The van der Waals surface area contributed by atoms with Crippen molar-refractivity contribution >= 4 is 11.9 Å². The molecule has 0 aromatic heterocycles. The molecule has 0 saturated heterocycles. The van der Waals surface area contributed by atoms with Crippen LogP contribution in [0.2, 0.25) is 0 Å². The zero-order valence-electron chi connectivity index (χ0n) is 12.9. The third kappa shape index (κ3) is 6.21. The van der Waals surface area contributed by atoms with Gasteiger partial charge in [0.2, 0.25) is 0 Å². The van der Waals surface area contributed by atoms with Gasteiger partial charge in [-0.05, 0) is 24.8 Å². The predicted molar refractivity (Wildman–Crippen MR) is 83.6 cm³/mol. The maximum absolute atomic E-state index is 11.8. The smallest absolute Gasteiger partial charge is 0.341 e. The lowest BCUT2D eigenvalue weighted by atomic mass is 10.1. The molecule has 3 nitrogen and oxygen atoms in total. The van der Waals surface area contributed by atoms with Gasteiger partial charge < -0.3 is 4.74 Å². The molecule has 21 heavy (non-hydrogen) atoms. The van der Waals surface area contributed by atoms with Gasteiger partial charge in [0, 0.05) is 17.6 Å². The van der Waals surface area contributed by atoms with Gasteiger partial charge in [-0.2, -0.15) is 0 Å². The minimum Gasteiger partial charge on any atom is -0.386 e. The fourth-order valence-electron chi connectivity index (χ4n) is 1.65. The van der Waals surface area contributed by atoms with E-state index < -0.39 is 11.9 Å². The molecule has 3 heteroatoms. The fourth-order valence-corrected chi connectivity index (χ4v) is 1.65. The van der Waals surface area contributed by atoms with Crippen molar-refractivity contribution in [2.75, 3.05) is 0 Å². The van der Waals surface area contributed by atoms with Crippen LogP contribution in [-0.2, 0) is 20.7 Å². The highest BCUT2D eigenvalue weighted by Crippen LogP contribution is 2.10. The molecular weight excluding hydrogens is 264 g/mol. The van der Waals surface area contributed by atoms with Crippen LogP contribution >= 0.6 is 0 Å². The lowest BCUT2D eigenvalue weighted by Crippen LogP contribution is -2.16. The number of esters is 2. The van der Waals surface area contributed by atoms with Gasteiger partial charge in [-0.1, -0.05) is 56.8 Å². The van der Waals surface area contributed by atoms with E-state index in [9.17, 15) is 9.59 Å². The van der Waals surface area contributed by atoms with Crippen molar-refractivity contribution in [3.8, 4) is 0 Å². The van der Waals surface area contributed by atoms with Crippen molar-refractivity contribution in [1.82, 2.24) is 0 Å². The summed E-state index contributed by atoms with van der Waals surface area (Å²) in [5.41, 5.74) is 1.68. The van der Waals surface area contributed by atoms with E-state index in [-0.39, 0.29) is 5.57 Å². The van der Waals surface area contributed by atoms with Crippen LogP contribution < -0.4 is 0 Å². The van der Waals surface area contributed by atoms with Crippen LogP contribution in [0.3, 0.4) is 0 Å². The van der Waals surface area contributed by atoms with E-state index >= 15 is 0 Å². The highest BCUT2D eigenvalue weighted by molar-refractivity contribution is 6.01. The van der Waals surface area contributed by atoms with Crippen molar-refractivity contribution in [2.24, 2.45) is 5.92 Å². The molecule has 0 heterocycles. The first-order chi connectivity index (χ1) is 9.90. The number of hydrogen-bond donors (Lipinski definition) is 0. The summed E-state index contributed by atoms with van der Waals surface area (Å²) in [6.45, 7) is 9.46.